The van der Waals surface area contributed by atoms with E-state index in [-0.39, 0.29) is 5.12 Å². The summed E-state index contributed by atoms with van der Waals surface area (Å²) in [6.07, 6.45) is 0.667. The minimum absolute atomic E-state index is 0.00389. The minimum atomic E-state index is -0.430. The van der Waals surface area contributed by atoms with Crippen LogP contribution >= 0.6 is 27.7 Å². The standard InChI is InChI=1S/C12H13BrN2O3S/c1-15(18-9-4-2-3-8(13)7-9)12(17)14-10-5-6-19-11(10)16/h2-4,7,10H,5-6H2,1H3,(H,14,17). The first-order valence-electron chi connectivity index (χ1n) is 5.70. The van der Waals surface area contributed by atoms with E-state index in [0.29, 0.717) is 12.2 Å². The van der Waals surface area contributed by atoms with Gasteiger partial charge in [0, 0.05) is 10.2 Å². The molecule has 1 unspecified atom stereocenters. The third-order valence-electron chi connectivity index (χ3n) is 2.56. The zero-order valence-corrected chi connectivity index (χ0v) is 12.7. The van der Waals surface area contributed by atoms with Crippen LogP contribution in [0, 0.1) is 0 Å². The molecule has 0 aromatic heterocycles. The normalized spacial score (nSPS) is 18.2. The molecule has 1 aliphatic heterocycles. The topological polar surface area (TPSA) is 58.6 Å². The first-order chi connectivity index (χ1) is 9.06. The fourth-order valence-electron chi connectivity index (χ4n) is 1.59. The summed E-state index contributed by atoms with van der Waals surface area (Å²) in [7, 11) is 1.50. The Labute approximate surface area is 123 Å². The number of nitrogens with one attached hydrogen (secondary N) is 1. The van der Waals surface area contributed by atoms with E-state index in [9.17, 15) is 9.59 Å². The van der Waals surface area contributed by atoms with Crippen LogP contribution in [0.4, 0.5) is 4.79 Å². The van der Waals surface area contributed by atoms with Gasteiger partial charge in [-0.25, -0.2) is 4.79 Å². The largest absolute Gasteiger partial charge is 0.376 e. The Morgan fingerprint density at radius 2 is 2.37 bits per heavy atom. The predicted molar refractivity (Wildman–Crippen MR) is 76.9 cm³/mol. The average Bonchev–Trinajstić information content (AvgIpc) is 2.75. The quantitative estimate of drug-likeness (QED) is 0.855. The summed E-state index contributed by atoms with van der Waals surface area (Å²) in [5, 5.41) is 3.73. The number of amides is 2. The van der Waals surface area contributed by atoms with Crippen LogP contribution in [0.3, 0.4) is 0 Å². The molecule has 1 saturated heterocycles. The zero-order valence-electron chi connectivity index (χ0n) is 10.3. The summed E-state index contributed by atoms with van der Waals surface area (Å²) in [6.45, 7) is 0. The van der Waals surface area contributed by atoms with Gasteiger partial charge in [-0.3, -0.25) is 4.79 Å². The maximum Gasteiger partial charge on any atom is 0.350 e. The first-order valence-corrected chi connectivity index (χ1v) is 7.48. The van der Waals surface area contributed by atoms with Crippen molar-refractivity contribution in [1.82, 2.24) is 10.4 Å². The van der Waals surface area contributed by atoms with Crippen molar-refractivity contribution in [2.24, 2.45) is 0 Å². The Bertz CT molecular complexity index is 498. The van der Waals surface area contributed by atoms with E-state index in [4.69, 9.17) is 4.84 Å². The van der Waals surface area contributed by atoms with E-state index in [1.165, 1.54) is 18.8 Å². The Kier molecular flexibility index (Phi) is 4.71. The van der Waals surface area contributed by atoms with Gasteiger partial charge in [-0.05, 0) is 24.6 Å². The van der Waals surface area contributed by atoms with Gasteiger partial charge in [0.25, 0.3) is 0 Å². The van der Waals surface area contributed by atoms with E-state index < -0.39 is 12.1 Å². The van der Waals surface area contributed by atoms with Crippen LogP contribution < -0.4 is 10.2 Å². The molecule has 1 heterocycles. The second-order valence-corrected chi connectivity index (χ2v) is 6.02. The maximum atomic E-state index is 11.9. The highest BCUT2D eigenvalue weighted by atomic mass is 79.9. The van der Waals surface area contributed by atoms with Gasteiger partial charge in [0.05, 0.1) is 7.05 Å². The van der Waals surface area contributed by atoms with Gasteiger partial charge in [-0.15, -0.1) is 0 Å². The van der Waals surface area contributed by atoms with Gasteiger partial charge in [-0.2, -0.15) is 5.06 Å². The van der Waals surface area contributed by atoms with Crippen molar-refractivity contribution < 1.29 is 14.4 Å². The van der Waals surface area contributed by atoms with Crippen molar-refractivity contribution in [1.29, 1.82) is 0 Å². The summed E-state index contributed by atoms with van der Waals surface area (Å²) < 4.78 is 0.862. The van der Waals surface area contributed by atoms with E-state index in [1.54, 1.807) is 12.1 Å². The summed E-state index contributed by atoms with van der Waals surface area (Å²) in [6, 6.07) is 6.32. The number of nitrogens with zero attached hydrogens (tertiary/aromatic N) is 1. The Hall–Kier alpha value is -1.21. The zero-order chi connectivity index (χ0) is 13.8. The van der Waals surface area contributed by atoms with E-state index in [2.05, 4.69) is 21.2 Å². The number of carbonyl (C=O) groups excluding carboxylic acids is 2. The lowest BCUT2D eigenvalue weighted by Gasteiger charge is -2.20. The highest BCUT2D eigenvalue weighted by molar-refractivity contribution is 9.10. The lowest BCUT2D eigenvalue weighted by Crippen LogP contribution is -2.45. The van der Waals surface area contributed by atoms with Crippen LogP contribution in [0.1, 0.15) is 6.42 Å². The third-order valence-corrected chi connectivity index (χ3v) is 4.06. The Morgan fingerprint density at radius 3 is 3.00 bits per heavy atom. The molecule has 2 amide bonds. The molecule has 5 nitrogen and oxygen atoms in total. The van der Waals surface area contributed by atoms with Crippen molar-refractivity contribution in [2.45, 2.75) is 12.5 Å². The van der Waals surface area contributed by atoms with Crippen molar-refractivity contribution in [2.75, 3.05) is 12.8 Å². The van der Waals surface area contributed by atoms with Gasteiger partial charge in [0.15, 0.2) is 5.75 Å². The number of rotatable bonds is 3. The minimum Gasteiger partial charge on any atom is -0.376 e. The molecule has 0 spiro atoms. The summed E-state index contributed by atoms with van der Waals surface area (Å²) in [5.74, 6) is 1.29. The molecule has 1 fully saturated rings. The van der Waals surface area contributed by atoms with Crippen LogP contribution in [0.2, 0.25) is 0 Å². The number of hydrogen-bond acceptors (Lipinski definition) is 4. The van der Waals surface area contributed by atoms with Crippen LogP contribution in [0.25, 0.3) is 0 Å². The van der Waals surface area contributed by atoms with Crippen molar-refractivity contribution in [3.63, 3.8) is 0 Å². The van der Waals surface area contributed by atoms with Crippen molar-refractivity contribution in [3.8, 4) is 5.75 Å². The van der Waals surface area contributed by atoms with Gasteiger partial charge >= 0.3 is 6.03 Å². The van der Waals surface area contributed by atoms with Crippen LogP contribution in [0.5, 0.6) is 5.75 Å². The molecule has 0 saturated carbocycles. The molecule has 0 bridgehead atoms. The number of carbonyl (C=O) groups is 2. The van der Waals surface area contributed by atoms with Gasteiger partial charge in [0.1, 0.15) is 6.04 Å². The molecule has 1 aromatic carbocycles. The van der Waals surface area contributed by atoms with E-state index >= 15 is 0 Å². The SMILES string of the molecule is CN(Oc1cccc(Br)c1)C(=O)NC1CCSC1=O. The second kappa shape index (κ2) is 6.29. The Balaban J connectivity index is 1.90. The number of halogens is 1. The Morgan fingerprint density at radius 1 is 1.58 bits per heavy atom. The number of thioether (sulfide) groups is 1. The van der Waals surface area contributed by atoms with Crippen LogP contribution in [0.15, 0.2) is 28.7 Å². The molecule has 2 rings (SSSR count). The molecule has 1 aromatic rings. The number of hydroxylamine groups is 2. The highest BCUT2D eigenvalue weighted by Gasteiger charge is 2.28. The molecule has 19 heavy (non-hydrogen) atoms. The molecule has 1 atom stereocenters. The van der Waals surface area contributed by atoms with Crippen molar-refractivity contribution >= 4 is 38.8 Å². The predicted octanol–water partition coefficient (Wildman–Crippen LogP) is 2.42. The van der Waals surface area contributed by atoms with Gasteiger partial charge in [0.2, 0.25) is 5.12 Å². The van der Waals surface area contributed by atoms with Crippen LogP contribution in [-0.2, 0) is 4.79 Å². The lowest BCUT2D eigenvalue weighted by atomic mass is 10.2. The molecule has 7 heteroatoms. The number of benzene rings is 1. The lowest BCUT2D eigenvalue weighted by molar-refractivity contribution is -0.112. The highest BCUT2D eigenvalue weighted by Crippen LogP contribution is 2.20. The molecule has 102 valence electrons. The smallest absolute Gasteiger partial charge is 0.350 e. The van der Waals surface area contributed by atoms with Gasteiger partial charge in [-0.1, -0.05) is 33.8 Å². The van der Waals surface area contributed by atoms with Crippen molar-refractivity contribution in [3.05, 3.63) is 28.7 Å². The summed E-state index contributed by atoms with van der Waals surface area (Å²) >= 11 is 4.57. The monoisotopic (exact) mass is 344 g/mol. The van der Waals surface area contributed by atoms with E-state index in [0.717, 1.165) is 15.3 Å². The van der Waals surface area contributed by atoms with E-state index in [1.807, 2.05) is 12.1 Å². The summed E-state index contributed by atoms with van der Waals surface area (Å²) in [4.78, 5) is 28.6. The third kappa shape index (κ3) is 3.87. The molecule has 0 radical (unpaired) electrons. The fraction of sp³-hybridized carbons (Fsp3) is 0.333. The average molecular weight is 345 g/mol. The molecular formula is C12H13BrN2O3S. The first kappa shape index (κ1) is 14.2. The molecular weight excluding hydrogens is 332 g/mol. The van der Waals surface area contributed by atoms with Crippen LogP contribution in [-0.4, -0.2) is 35.1 Å². The number of urea groups is 1. The molecule has 1 N–H and O–H groups in total. The van der Waals surface area contributed by atoms with Gasteiger partial charge < -0.3 is 10.2 Å². The molecule has 0 aliphatic carbocycles. The molecule has 1 aliphatic rings. The summed E-state index contributed by atoms with van der Waals surface area (Å²) in [5.41, 5.74) is 0. The fourth-order valence-corrected chi connectivity index (χ4v) is 2.90. The maximum absolute atomic E-state index is 11.9. The second-order valence-electron chi connectivity index (χ2n) is 4.00. The number of hydrogen-bond donors (Lipinski definition) is 1.